The minimum Gasteiger partial charge on any atom is -0.397 e. The number of aryl methyl sites for hydroxylation is 1. The molecular formula is C19H20N4O2S2. The molecule has 4 rings (SSSR count). The second-order valence-corrected chi connectivity index (χ2v) is 9.13. The van der Waals surface area contributed by atoms with E-state index in [9.17, 15) is 9.59 Å². The quantitative estimate of drug-likeness (QED) is 0.622. The minimum absolute atomic E-state index is 0.331. The van der Waals surface area contributed by atoms with E-state index in [1.54, 1.807) is 0 Å². The molecule has 2 amide bonds. The normalized spacial score (nSPS) is 16.3. The molecule has 3 aromatic rings. The van der Waals surface area contributed by atoms with Gasteiger partial charge in [0.1, 0.15) is 14.7 Å². The fourth-order valence-corrected chi connectivity index (χ4v) is 5.96. The number of fused-ring (bicyclic) bond motifs is 2. The number of nitrogen functional groups attached to an aromatic ring is 1. The Bertz CT molecular complexity index is 1080. The van der Waals surface area contributed by atoms with Crippen LogP contribution in [0.25, 0.3) is 10.2 Å². The molecular weight excluding hydrogens is 380 g/mol. The molecule has 0 saturated carbocycles. The van der Waals surface area contributed by atoms with Crippen LogP contribution in [0.2, 0.25) is 0 Å². The van der Waals surface area contributed by atoms with Gasteiger partial charge in [0, 0.05) is 16.0 Å². The maximum absolute atomic E-state index is 12.9. The lowest BCUT2D eigenvalue weighted by atomic mass is 9.88. The summed E-state index contributed by atoms with van der Waals surface area (Å²) >= 11 is 2.70. The Labute approximate surface area is 164 Å². The van der Waals surface area contributed by atoms with Gasteiger partial charge in [0.2, 0.25) is 0 Å². The van der Waals surface area contributed by atoms with Crippen molar-refractivity contribution in [1.82, 2.24) is 4.98 Å². The van der Waals surface area contributed by atoms with Gasteiger partial charge in [-0.3, -0.25) is 9.59 Å². The van der Waals surface area contributed by atoms with Gasteiger partial charge in [0.15, 0.2) is 0 Å². The first kappa shape index (κ1) is 17.9. The zero-order chi connectivity index (χ0) is 19.3. The molecule has 6 nitrogen and oxygen atoms in total. The number of pyridine rings is 1. The Kier molecular flexibility index (Phi) is 4.39. The zero-order valence-corrected chi connectivity index (χ0v) is 16.7. The highest BCUT2D eigenvalue weighted by atomic mass is 32.1. The van der Waals surface area contributed by atoms with Crippen molar-refractivity contribution in [1.29, 1.82) is 0 Å². The van der Waals surface area contributed by atoms with Crippen LogP contribution in [-0.4, -0.2) is 16.8 Å². The third-order valence-electron chi connectivity index (χ3n) is 4.92. The van der Waals surface area contributed by atoms with Crippen molar-refractivity contribution in [2.24, 2.45) is 11.7 Å². The number of nitrogens with one attached hydrogen (secondary N) is 1. The summed E-state index contributed by atoms with van der Waals surface area (Å²) in [6, 6.07) is 3.74. The molecule has 0 aliphatic heterocycles. The third kappa shape index (κ3) is 3.08. The number of thiophene rings is 2. The first-order valence-electron chi connectivity index (χ1n) is 8.76. The number of carbonyl (C=O) groups excluding carboxylic acids is 2. The van der Waals surface area contributed by atoms with Crippen molar-refractivity contribution in [2.75, 3.05) is 11.1 Å². The minimum atomic E-state index is -0.501. The molecule has 0 saturated heterocycles. The van der Waals surface area contributed by atoms with Gasteiger partial charge in [-0.1, -0.05) is 6.92 Å². The number of rotatable bonds is 3. The first-order valence-corrected chi connectivity index (χ1v) is 10.4. The SMILES string of the molecule is Cc1ccc2c(N)c(C(=O)Nc3sc4c(c3C(N)=O)CCC(C)C4)sc2n1. The lowest BCUT2D eigenvalue weighted by Gasteiger charge is -2.18. The topological polar surface area (TPSA) is 111 Å². The molecule has 140 valence electrons. The van der Waals surface area contributed by atoms with Crippen molar-refractivity contribution >= 4 is 55.4 Å². The number of hydrogen-bond donors (Lipinski definition) is 3. The largest absolute Gasteiger partial charge is 0.397 e. The van der Waals surface area contributed by atoms with Crippen LogP contribution in [0, 0.1) is 12.8 Å². The molecule has 1 unspecified atom stereocenters. The summed E-state index contributed by atoms with van der Waals surface area (Å²) in [7, 11) is 0. The lowest BCUT2D eigenvalue weighted by Crippen LogP contribution is -2.19. The Balaban J connectivity index is 1.71. The number of nitrogens with zero attached hydrogens (tertiary/aromatic N) is 1. The van der Waals surface area contributed by atoms with Crippen molar-refractivity contribution in [3.8, 4) is 0 Å². The number of hydrogen-bond acceptors (Lipinski definition) is 6. The van der Waals surface area contributed by atoms with E-state index in [1.165, 1.54) is 22.7 Å². The molecule has 3 aromatic heterocycles. The van der Waals surface area contributed by atoms with E-state index in [4.69, 9.17) is 11.5 Å². The van der Waals surface area contributed by atoms with Gasteiger partial charge in [-0.05, 0) is 49.8 Å². The summed E-state index contributed by atoms with van der Waals surface area (Å²) in [5.74, 6) is -0.269. The Morgan fingerprint density at radius 2 is 2.07 bits per heavy atom. The van der Waals surface area contributed by atoms with Crippen LogP contribution in [0.3, 0.4) is 0 Å². The molecule has 0 aromatic carbocycles. The van der Waals surface area contributed by atoms with Gasteiger partial charge in [-0.2, -0.15) is 0 Å². The second kappa shape index (κ2) is 6.61. The molecule has 0 bridgehead atoms. The van der Waals surface area contributed by atoms with Crippen LogP contribution >= 0.6 is 22.7 Å². The van der Waals surface area contributed by atoms with E-state index >= 15 is 0 Å². The molecule has 5 N–H and O–H groups in total. The van der Waals surface area contributed by atoms with Gasteiger partial charge in [0.05, 0.1) is 11.3 Å². The maximum Gasteiger partial charge on any atom is 0.268 e. The van der Waals surface area contributed by atoms with Gasteiger partial charge in [-0.15, -0.1) is 22.7 Å². The summed E-state index contributed by atoms with van der Waals surface area (Å²) in [6.07, 6.45) is 2.74. The predicted molar refractivity (Wildman–Crippen MR) is 111 cm³/mol. The van der Waals surface area contributed by atoms with Crippen molar-refractivity contribution in [3.63, 3.8) is 0 Å². The van der Waals surface area contributed by atoms with Crippen LogP contribution < -0.4 is 16.8 Å². The Hall–Kier alpha value is -2.45. The maximum atomic E-state index is 12.9. The molecule has 1 aliphatic rings. The Morgan fingerprint density at radius 3 is 2.81 bits per heavy atom. The Morgan fingerprint density at radius 1 is 1.30 bits per heavy atom. The third-order valence-corrected chi connectivity index (χ3v) is 7.21. The second-order valence-electron chi connectivity index (χ2n) is 7.02. The summed E-state index contributed by atoms with van der Waals surface area (Å²) in [4.78, 5) is 31.6. The fourth-order valence-electron chi connectivity index (χ4n) is 3.52. The van der Waals surface area contributed by atoms with E-state index in [0.29, 0.717) is 27.0 Å². The highest BCUT2D eigenvalue weighted by Gasteiger charge is 2.28. The van der Waals surface area contributed by atoms with Crippen LogP contribution in [-0.2, 0) is 12.8 Å². The van der Waals surface area contributed by atoms with Gasteiger partial charge < -0.3 is 16.8 Å². The van der Waals surface area contributed by atoms with Gasteiger partial charge in [0.25, 0.3) is 11.8 Å². The number of nitrogens with two attached hydrogens (primary N) is 2. The van der Waals surface area contributed by atoms with Crippen LogP contribution in [0.1, 0.15) is 49.5 Å². The molecule has 1 aliphatic carbocycles. The number of anilines is 2. The average Bonchev–Trinajstić information content (AvgIpc) is 3.11. The fraction of sp³-hybridized carbons (Fsp3) is 0.316. The van der Waals surface area contributed by atoms with Gasteiger partial charge in [-0.25, -0.2) is 4.98 Å². The molecule has 3 heterocycles. The van der Waals surface area contributed by atoms with Crippen molar-refractivity contribution in [3.05, 3.63) is 38.7 Å². The van der Waals surface area contributed by atoms with Crippen molar-refractivity contribution < 1.29 is 9.59 Å². The number of aromatic nitrogens is 1. The van der Waals surface area contributed by atoms with Gasteiger partial charge >= 0.3 is 0 Å². The first-order chi connectivity index (χ1) is 12.8. The monoisotopic (exact) mass is 400 g/mol. The van der Waals surface area contributed by atoms with E-state index in [0.717, 1.165) is 45.6 Å². The van der Waals surface area contributed by atoms with E-state index in [1.807, 2.05) is 19.1 Å². The molecule has 1 atom stereocenters. The predicted octanol–water partition coefficient (Wildman–Crippen LogP) is 3.72. The highest BCUT2D eigenvalue weighted by Crippen LogP contribution is 2.40. The molecule has 0 spiro atoms. The molecule has 27 heavy (non-hydrogen) atoms. The number of primary amides is 1. The number of carbonyl (C=O) groups is 2. The summed E-state index contributed by atoms with van der Waals surface area (Å²) in [6.45, 7) is 4.09. The van der Waals surface area contributed by atoms with E-state index < -0.39 is 5.91 Å². The summed E-state index contributed by atoms with van der Waals surface area (Å²) in [5.41, 5.74) is 14.5. The zero-order valence-electron chi connectivity index (χ0n) is 15.1. The van der Waals surface area contributed by atoms with Crippen LogP contribution in [0.4, 0.5) is 10.7 Å². The van der Waals surface area contributed by atoms with Crippen molar-refractivity contribution in [2.45, 2.75) is 33.1 Å². The molecule has 8 heteroatoms. The molecule has 0 radical (unpaired) electrons. The smallest absolute Gasteiger partial charge is 0.268 e. The summed E-state index contributed by atoms with van der Waals surface area (Å²) < 4.78 is 0. The molecule has 0 fully saturated rings. The standard InChI is InChI=1S/C19H20N4O2S2/c1-8-3-5-10-12(7-8)26-19(13(10)16(21)24)23-17(25)15-14(20)11-6-4-9(2)22-18(11)27-15/h4,6,8H,3,5,7,20H2,1-2H3,(H2,21,24)(H,23,25). The lowest BCUT2D eigenvalue weighted by molar-refractivity contribution is 0.1000. The summed E-state index contributed by atoms with van der Waals surface area (Å²) in [5, 5.41) is 4.17. The van der Waals surface area contributed by atoms with E-state index in [2.05, 4.69) is 17.2 Å². The average molecular weight is 401 g/mol. The highest BCUT2D eigenvalue weighted by molar-refractivity contribution is 7.21. The van der Waals surface area contributed by atoms with Crippen LogP contribution in [0.5, 0.6) is 0 Å². The number of amides is 2. The van der Waals surface area contributed by atoms with Crippen LogP contribution in [0.15, 0.2) is 12.1 Å². The van der Waals surface area contributed by atoms with E-state index in [-0.39, 0.29) is 5.91 Å².